The van der Waals surface area contributed by atoms with Crippen molar-refractivity contribution in [2.24, 2.45) is 0 Å². The van der Waals surface area contributed by atoms with E-state index in [1.807, 2.05) is 45.9 Å². The molecule has 0 aliphatic rings. The number of ether oxygens (including phenoxy) is 1. The number of hydrogen-bond donors (Lipinski definition) is 0. The number of hydrogen-bond acceptors (Lipinski definition) is 4. The second-order valence-corrected chi connectivity index (χ2v) is 5.07. The van der Waals surface area contributed by atoms with Gasteiger partial charge in [-0.1, -0.05) is 17.3 Å². The zero-order chi connectivity index (χ0) is 16.1. The number of aromatic nitrogens is 1. The van der Waals surface area contributed by atoms with Crippen LogP contribution in [-0.2, 0) is 6.61 Å². The van der Waals surface area contributed by atoms with E-state index in [1.165, 1.54) is 0 Å². The van der Waals surface area contributed by atoms with E-state index in [0.29, 0.717) is 31.0 Å². The van der Waals surface area contributed by atoms with Crippen LogP contribution in [-0.4, -0.2) is 29.1 Å². The van der Waals surface area contributed by atoms with Gasteiger partial charge in [-0.3, -0.25) is 4.79 Å². The Labute approximate surface area is 130 Å². The molecule has 0 fully saturated rings. The van der Waals surface area contributed by atoms with Crippen LogP contribution >= 0.6 is 0 Å². The maximum Gasteiger partial charge on any atom is 0.257 e. The third kappa shape index (κ3) is 3.30. The summed E-state index contributed by atoms with van der Waals surface area (Å²) in [5.41, 5.74) is 2.31. The average Bonchev–Trinajstić information content (AvgIpc) is 2.85. The Balaban J connectivity index is 2.20. The standard InChI is InChI=1S/C17H22N2O3/c1-5-19(6-2)17(20)14-9-7-8-10-16(14)21-11-15-12(3)18-22-13(15)4/h7-10H,5-6,11H2,1-4H3. The van der Waals surface area contributed by atoms with E-state index in [0.717, 1.165) is 17.0 Å². The van der Waals surface area contributed by atoms with Crippen LogP contribution in [0.2, 0.25) is 0 Å². The lowest BCUT2D eigenvalue weighted by molar-refractivity contribution is 0.0768. The van der Waals surface area contributed by atoms with Gasteiger partial charge in [-0.25, -0.2) is 0 Å². The maximum absolute atomic E-state index is 12.5. The molecule has 0 aliphatic carbocycles. The molecule has 0 aliphatic heterocycles. The Hall–Kier alpha value is -2.30. The molecule has 0 bridgehead atoms. The fourth-order valence-corrected chi connectivity index (χ4v) is 2.31. The maximum atomic E-state index is 12.5. The zero-order valence-electron chi connectivity index (χ0n) is 13.5. The van der Waals surface area contributed by atoms with Crippen LogP contribution in [0.1, 0.15) is 41.2 Å². The number of amides is 1. The summed E-state index contributed by atoms with van der Waals surface area (Å²) in [4.78, 5) is 14.3. The molecule has 0 saturated heterocycles. The van der Waals surface area contributed by atoms with E-state index in [9.17, 15) is 4.79 Å². The molecule has 0 N–H and O–H groups in total. The fourth-order valence-electron chi connectivity index (χ4n) is 2.31. The molecule has 5 heteroatoms. The molecule has 0 atom stereocenters. The summed E-state index contributed by atoms with van der Waals surface area (Å²) >= 11 is 0. The van der Waals surface area contributed by atoms with Crippen molar-refractivity contribution in [1.29, 1.82) is 0 Å². The molecule has 0 spiro atoms. The van der Waals surface area contributed by atoms with Crippen molar-refractivity contribution in [2.75, 3.05) is 13.1 Å². The van der Waals surface area contributed by atoms with Gasteiger partial charge in [0.25, 0.3) is 5.91 Å². The largest absolute Gasteiger partial charge is 0.488 e. The van der Waals surface area contributed by atoms with Crippen LogP contribution in [0, 0.1) is 13.8 Å². The molecule has 5 nitrogen and oxygen atoms in total. The number of aryl methyl sites for hydroxylation is 2. The number of rotatable bonds is 6. The highest BCUT2D eigenvalue weighted by atomic mass is 16.5. The molecule has 1 aromatic carbocycles. The van der Waals surface area contributed by atoms with Crippen LogP contribution in [0.5, 0.6) is 5.75 Å². The molecule has 1 amide bonds. The van der Waals surface area contributed by atoms with Gasteiger partial charge in [0.05, 0.1) is 16.8 Å². The average molecular weight is 302 g/mol. The number of benzene rings is 1. The molecule has 0 radical (unpaired) electrons. The Bertz CT molecular complexity index is 626. The summed E-state index contributed by atoms with van der Waals surface area (Å²) in [5, 5.41) is 3.91. The first-order valence-electron chi connectivity index (χ1n) is 7.51. The van der Waals surface area contributed by atoms with Crippen LogP contribution < -0.4 is 4.74 Å². The van der Waals surface area contributed by atoms with E-state index in [1.54, 1.807) is 11.0 Å². The summed E-state index contributed by atoms with van der Waals surface area (Å²) < 4.78 is 11.0. The van der Waals surface area contributed by atoms with E-state index in [-0.39, 0.29) is 5.91 Å². The molecule has 118 valence electrons. The van der Waals surface area contributed by atoms with Crippen molar-refractivity contribution >= 4 is 5.91 Å². The number of carbonyl (C=O) groups is 1. The topological polar surface area (TPSA) is 55.6 Å². The van der Waals surface area contributed by atoms with Gasteiger partial charge >= 0.3 is 0 Å². The monoisotopic (exact) mass is 302 g/mol. The van der Waals surface area contributed by atoms with Gasteiger partial charge in [0.1, 0.15) is 18.1 Å². The first-order chi connectivity index (χ1) is 10.6. The van der Waals surface area contributed by atoms with E-state index < -0.39 is 0 Å². The van der Waals surface area contributed by atoms with Gasteiger partial charge < -0.3 is 14.2 Å². The lowest BCUT2D eigenvalue weighted by Crippen LogP contribution is -2.30. The fraction of sp³-hybridized carbons (Fsp3) is 0.412. The molecular weight excluding hydrogens is 280 g/mol. The molecule has 0 unspecified atom stereocenters. The first-order valence-corrected chi connectivity index (χ1v) is 7.51. The molecule has 1 heterocycles. The number of carbonyl (C=O) groups excluding carboxylic acids is 1. The Morgan fingerprint density at radius 2 is 1.91 bits per heavy atom. The van der Waals surface area contributed by atoms with E-state index >= 15 is 0 Å². The minimum Gasteiger partial charge on any atom is -0.488 e. The lowest BCUT2D eigenvalue weighted by atomic mass is 10.1. The highest BCUT2D eigenvalue weighted by Gasteiger charge is 2.18. The summed E-state index contributed by atoms with van der Waals surface area (Å²) in [6, 6.07) is 7.32. The quantitative estimate of drug-likeness (QED) is 0.821. The summed E-state index contributed by atoms with van der Waals surface area (Å²) in [6.07, 6.45) is 0. The lowest BCUT2D eigenvalue weighted by Gasteiger charge is -2.20. The zero-order valence-corrected chi connectivity index (χ0v) is 13.5. The van der Waals surface area contributed by atoms with Crippen LogP contribution in [0.4, 0.5) is 0 Å². The van der Waals surface area contributed by atoms with Gasteiger partial charge in [0, 0.05) is 13.1 Å². The minimum absolute atomic E-state index is 0.0145. The van der Waals surface area contributed by atoms with Crippen molar-refractivity contribution in [3.63, 3.8) is 0 Å². The van der Waals surface area contributed by atoms with Crippen LogP contribution in [0.25, 0.3) is 0 Å². The first kappa shape index (κ1) is 16.1. The highest BCUT2D eigenvalue weighted by molar-refractivity contribution is 5.96. The number of para-hydroxylation sites is 1. The third-order valence-electron chi connectivity index (χ3n) is 3.72. The SMILES string of the molecule is CCN(CC)C(=O)c1ccccc1OCc1c(C)noc1C. The van der Waals surface area contributed by atoms with Gasteiger partial charge in [0.15, 0.2) is 0 Å². The molecule has 22 heavy (non-hydrogen) atoms. The highest BCUT2D eigenvalue weighted by Crippen LogP contribution is 2.22. The van der Waals surface area contributed by atoms with Crippen molar-refractivity contribution in [1.82, 2.24) is 10.1 Å². The second kappa shape index (κ2) is 7.11. The predicted octanol–water partition coefficient (Wildman–Crippen LogP) is 3.35. The van der Waals surface area contributed by atoms with Crippen molar-refractivity contribution < 1.29 is 14.1 Å². The number of nitrogens with zero attached hydrogens (tertiary/aromatic N) is 2. The summed E-state index contributed by atoms with van der Waals surface area (Å²) in [5.74, 6) is 1.31. The second-order valence-electron chi connectivity index (χ2n) is 5.07. The normalized spacial score (nSPS) is 10.5. The van der Waals surface area contributed by atoms with Gasteiger partial charge in [0.2, 0.25) is 0 Å². The van der Waals surface area contributed by atoms with Crippen molar-refractivity contribution in [3.8, 4) is 5.75 Å². The Kier molecular flexibility index (Phi) is 5.20. The molecule has 2 aromatic rings. The summed E-state index contributed by atoms with van der Waals surface area (Å²) in [6.45, 7) is 9.35. The molecular formula is C17H22N2O3. The Morgan fingerprint density at radius 3 is 2.50 bits per heavy atom. The molecule has 0 saturated carbocycles. The van der Waals surface area contributed by atoms with Crippen molar-refractivity contribution in [3.05, 3.63) is 46.8 Å². The van der Waals surface area contributed by atoms with Gasteiger partial charge in [-0.2, -0.15) is 0 Å². The smallest absolute Gasteiger partial charge is 0.257 e. The van der Waals surface area contributed by atoms with Crippen LogP contribution in [0.3, 0.4) is 0 Å². The van der Waals surface area contributed by atoms with Gasteiger partial charge in [-0.05, 0) is 39.8 Å². The summed E-state index contributed by atoms with van der Waals surface area (Å²) in [7, 11) is 0. The Morgan fingerprint density at radius 1 is 1.23 bits per heavy atom. The predicted molar refractivity (Wildman–Crippen MR) is 84.0 cm³/mol. The third-order valence-corrected chi connectivity index (χ3v) is 3.72. The minimum atomic E-state index is -0.0145. The van der Waals surface area contributed by atoms with Crippen LogP contribution in [0.15, 0.2) is 28.8 Å². The van der Waals surface area contributed by atoms with Gasteiger partial charge in [-0.15, -0.1) is 0 Å². The molecule has 2 rings (SSSR count). The van der Waals surface area contributed by atoms with E-state index in [2.05, 4.69) is 5.16 Å². The van der Waals surface area contributed by atoms with E-state index in [4.69, 9.17) is 9.26 Å². The van der Waals surface area contributed by atoms with Crippen molar-refractivity contribution in [2.45, 2.75) is 34.3 Å². The molecule has 1 aromatic heterocycles.